The molecule has 0 aliphatic carbocycles. The number of hydrogen-bond acceptors (Lipinski definition) is 6. The highest BCUT2D eigenvalue weighted by atomic mass is 32.2. The number of benzene rings is 2. The minimum Gasteiger partial charge on any atom is -0.377 e. The highest BCUT2D eigenvalue weighted by Gasteiger charge is 2.23. The van der Waals surface area contributed by atoms with Gasteiger partial charge in [-0.05, 0) is 38.3 Å². The molecule has 0 saturated carbocycles. The fourth-order valence-corrected chi connectivity index (χ4v) is 5.37. The molecule has 0 radical (unpaired) electrons. The molecule has 1 N–H and O–H groups in total. The van der Waals surface area contributed by atoms with Gasteiger partial charge in [0.2, 0.25) is 10.0 Å². The molecule has 1 aliphatic heterocycles. The van der Waals surface area contributed by atoms with Crippen molar-refractivity contribution in [3.63, 3.8) is 0 Å². The van der Waals surface area contributed by atoms with Gasteiger partial charge in [-0.2, -0.15) is 9.61 Å². The Morgan fingerprint density at radius 1 is 1.13 bits per heavy atom. The van der Waals surface area contributed by atoms with Crippen LogP contribution in [0.2, 0.25) is 0 Å². The fourth-order valence-electron chi connectivity index (χ4n) is 4.03. The average Bonchev–Trinajstić information content (AvgIpc) is 3.43. The van der Waals surface area contributed by atoms with Crippen LogP contribution < -0.4 is 4.72 Å². The molecular weight excluding hydrogens is 414 g/mol. The first kappa shape index (κ1) is 20.0. The second-order valence-electron chi connectivity index (χ2n) is 7.86. The first-order chi connectivity index (χ1) is 14.9. The molecule has 0 amide bonds. The van der Waals surface area contributed by atoms with Gasteiger partial charge in [-0.1, -0.05) is 36.4 Å². The predicted molar refractivity (Wildman–Crippen MR) is 117 cm³/mol. The zero-order valence-corrected chi connectivity index (χ0v) is 18.2. The lowest BCUT2D eigenvalue weighted by atomic mass is 10.1. The molecule has 1 fully saturated rings. The van der Waals surface area contributed by atoms with Gasteiger partial charge >= 0.3 is 0 Å². The lowest BCUT2D eigenvalue weighted by Crippen LogP contribution is -2.32. The molecule has 0 unspecified atom stereocenters. The summed E-state index contributed by atoms with van der Waals surface area (Å²) in [6.45, 7) is 4.67. The molecule has 8 nitrogen and oxygen atoms in total. The molecule has 9 heteroatoms. The van der Waals surface area contributed by atoms with Gasteiger partial charge in [0.1, 0.15) is 0 Å². The molecule has 5 rings (SSSR count). The van der Waals surface area contributed by atoms with Crippen molar-refractivity contribution < 1.29 is 13.2 Å². The van der Waals surface area contributed by atoms with Crippen LogP contribution in [0, 0.1) is 13.8 Å². The number of hydrogen-bond donors (Lipinski definition) is 1. The van der Waals surface area contributed by atoms with Crippen molar-refractivity contribution in [2.75, 3.05) is 13.2 Å². The van der Waals surface area contributed by atoms with E-state index in [1.54, 1.807) is 23.6 Å². The van der Waals surface area contributed by atoms with Crippen LogP contribution in [0.25, 0.3) is 27.8 Å². The maximum absolute atomic E-state index is 13.0. The van der Waals surface area contributed by atoms with Crippen molar-refractivity contribution >= 4 is 26.4 Å². The van der Waals surface area contributed by atoms with Crippen LogP contribution in [0.1, 0.15) is 24.1 Å². The molecule has 1 saturated heterocycles. The normalized spacial score (nSPS) is 17.0. The van der Waals surface area contributed by atoms with E-state index in [0.29, 0.717) is 29.2 Å². The summed E-state index contributed by atoms with van der Waals surface area (Å²) in [5, 5.41) is 15.3. The Hall–Kier alpha value is -2.88. The van der Waals surface area contributed by atoms with Gasteiger partial charge in [0, 0.05) is 29.5 Å². The van der Waals surface area contributed by atoms with E-state index >= 15 is 0 Å². The van der Waals surface area contributed by atoms with E-state index in [9.17, 15) is 8.42 Å². The Morgan fingerprint density at radius 3 is 2.71 bits per heavy atom. The molecule has 1 aliphatic rings. The number of nitrogens with one attached hydrogen (secondary N) is 1. The molecule has 0 spiro atoms. The number of ether oxygens (including phenoxy) is 1. The van der Waals surface area contributed by atoms with Crippen LogP contribution in [-0.4, -0.2) is 47.5 Å². The molecule has 1 atom stereocenters. The SMILES string of the molecule is Cc1ccc(-c2nnc3c4ccccc4c(C)nn23)cc1S(=O)(=O)NC[C@H]1CCCO1. The summed E-state index contributed by atoms with van der Waals surface area (Å²) in [5.41, 5.74) is 2.78. The van der Waals surface area contributed by atoms with E-state index in [2.05, 4.69) is 20.0 Å². The Bertz CT molecular complexity index is 1390. The quantitative estimate of drug-likeness (QED) is 0.515. The number of fused-ring (bicyclic) bond motifs is 3. The van der Waals surface area contributed by atoms with Gasteiger partial charge in [-0.15, -0.1) is 10.2 Å². The van der Waals surface area contributed by atoms with Crippen LogP contribution in [0.3, 0.4) is 0 Å². The first-order valence-electron chi connectivity index (χ1n) is 10.3. The van der Waals surface area contributed by atoms with Crippen molar-refractivity contribution in [2.24, 2.45) is 0 Å². The van der Waals surface area contributed by atoms with Crippen molar-refractivity contribution in [3.8, 4) is 11.4 Å². The van der Waals surface area contributed by atoms with Crippen LogP contribution in [0.15, 0.2) is 47.4 Å². The largest absolute Gasteiger partial charge is 0.377 e. The molecule has 31 heavy (non-hydrogen) atoms. The van der Waals surface area contributed by atoms with Gasteiger partial charge in [0.15, 0.2) is 11.5 Å². The molecular formula is C22H23N5O3S. The van der Waals surface area contributed by atoms with Crippen molar-refractivity contribution in [3.05, 3.63) is 53.7 Å². The zero-order valence-electron chi connectivity index (χ0n) is 17.4. The maximum Gasteiger partial charge on any atom is 0.240 e. The van der Waals surface area contributed by atoms with Crippen LogP contribution in [-0.2, 0) is 14.8 Å². The summed E-state index contributed by atoms with van der Waals surface area (Å²) in [7, 11) is -3.70. The lowest BCUT2D eigenvalue weighted by molar-refractivity contribution is 0.114. The zero-order chi connectivity index (χ0) is 21.6. The number of nitrogens with zero attached hydrogens (tertiary/aromatic N) is 4. The van der Waals surface area contributed by atoms with Crippen molar-refractivity contribution in [2.45, 2.75) is 37.7 Å². The topological polar surface area (TPSA) is 98.5 Å². The van der Waals surface area contributed by atoms with E-state index in [0.717, 1.165) is 29.3 Å². The second kappa shape index (κ2) is 7.67. The van der Waals surface area contributed by atoms with Crippen molar-refractivity contribution in [1.82, 2.24) is 24.5 Å². The van der Waals surface area contributed by atoms with Crippen LogP contribution in [0.5, 0.6) is 0 Å². The third kappa shape index (κ3) is 3.58. The van der Waals surface area contributed by atoms with Crippen LogP contribution >= 0.6 is 0 Å². The third-order valence-corrected chi connectivity index (χ3v) is 7.27. The van der Waals surface area contributed by atoms with Gasteiger partial charge < -0.3 is 4.74 Å². The number of aromatic nitrogens is 4. The summed E-state index contributed by atoms with van der Waals surface area (Å²) >= 11 is 0. The van der Waals surface area contributed by atoms with Crippen molar-refractivity contribution in [1.29, 1.82) is 0 Å². The number of rotatable bonds is 5. The molecule has 2 aromatic carbocycles. The van der Waals surface area contributed by atoms with Gasteiger partial charge in [-0.25, -0.2) is 13.1 Å². The van der Waals surface area contributed by atoms with E-state index in [4.69, 9.17) is 4.74 Å². The minimum atomic E-state index is -3.70. The van der Waals surface area contributed by atoms with Crippen LogP contribution in [0.4, 0.5) is 0 Å². The summed E-state index contributed by atoms with van der Waals surface area (Å²) in [4.78, 5) is 0.220. The lowest BCUT2D eigenvalue weighted by Gasteiger charge is -2.13. The summed E-state index contributed by atoms with van der Waals surface area (Å²) < 4.78 is 35.9. The van der Waals surface area contributed by atoms with E-state index in [1.165, 1.54) is 0 Å². The van der Waals surface area contributed by atoms with Gasteiger partial charge in [0.25, 0.3) is 0 Å². The number of aryl methyl sites for hydroxylation is 2. The summed E-state index contributed by atoms with van der Waals surface area (Å²) in [6.07, 6.45) is 1.76. The first-order valence-corrected chi connectivity index (χ1v) is 11.8. The molecule has 3 heterocycles. The Balaban J connectivity index is 1.56. The molecule has 160 valence electrons. The molecule has 0 bridgehead atoms. The van der Waals surface area contributed by atoms with E-state index in [-0.39, 0.29) is 17.5 Å². The third-order valence-electron chi connectivity index (χ3n) is 5.71. The Morgan fingerprint density at radius 2 is 1.94 bits per heavy atom. The number of sulfonamides is 1. The fraction of sp³-hybridized carbons (Fsp3) is 0.318. The summed E-state index contributed by atoms with van der Waals surface area (Å²) in [5.74, 6) is 0.499. The minimum absolute atomic E-state index is 0.0702. The highest BCUT2D eigenvalue weighted by Crippen LogP contribution is 2.27. The van der Waals surface area contributed by atoms with E-state index in [1.807, 2.05) is 37.3 Å². The second-order valence-corrected chi connectivity index (χ2v) is 9.59. The Labute approximate surface area is 180 Å². The highest BCUT2D eigenvalue weighted by molar-refractivity contribution is 7.89. The standard InChI is InChI=1S/C22H23N5O3S/c1-14-9-10-16(12-20(14)31(28,29)23-13-17-6-5-11-30-17)21-24-25-22-19-8-4-3-7-18(19)15(2)26-27(21)22/h3-4,7-10,12,17,23H,5-6,11,13H2,1-2H3/t17-/m1/s1. The van der Waals surface area contributed by atoms with Gasteiger partial charge in [0.05, 0.1) is 16.7 Å². The maximum atomic E-state index is 13.0. The van der Waals surface area contributed by atoms with E-state index < -0.39 is 10.0 Å². The summed E-state index contributed by atoms with van der Waals surface area (Å²) in [6, 6.07) is 13.2. The molecule has 2 aromatic heterocycles. The predicted octanol–water partition coefficient (Wildman–Crippen LogP) is 3.02. The monoisotopic (exact) mass is 437 g/mol. The Kier molecular flexibility index (Phi) is 4.96. The van der Waals surface area contributed by atoms with Gasteiger partial charge in [-0.3, -0.25) is 0 Å². The smallest absolute Gasteiger partial charge is 0.240 e. The average molecular weight is 438 g/mol. The molecule has 4 aromatic rings.